The summed E-state index contributed by atoms with van der Waals surface area (Å²) in [4.78, 5) is 0. The van der Waals surface area contributed by atoms with Crippen LogP contribution >= 0.6 is 0 Å². The summed E-state index contributed by atoms with van der Waals surface area (Å²) in [7, 11) is 0. The van der Waals surface area contributed by atoms with Crippen molar-refractivity contribution in [2.75, 3.05) is 6.61 Å². The lowest BCUT2D eigenvalue weighted by Crippen LogP contribution is -2.30. The molecule has 0 saturated heterocycles. The molecule has 0 fully saturated rings. The molecule has 0 spiro atoms. The Labute approximate surface area is 140 Å². The van der Waals surface area contributed by atoms with E-state index in [9.17, 15) is 0 Å². The largest absolute Gasteiger partial charge is 0.493 e. The summed E-state index contributed by atoms with van der Waals surface area (Å²) in [5, 5.41) is 5.59. The fraction of sp³-hybridized carbons (Fsp3) is 0.500. The molecule has 0 aliphatic rings. The topological polar surface area (TPSA) is 9.23 Å². The van der Waals surface area contributed by atoms with Gasteiger partial charge in [0.2, 0.25) is 0 Å². The van der Waals surface area contributed by atoms with Crippen molar-refractivity contribution in [1.29, 1.82) is 0 Å². The smallest absolute Gasteiger partial charge is 0.307 e. The SMILES string of the molecule is CCC[CH2][Al]([CH2]CCC)[c]1cccc2cccc(OCC)c12. The van der Waals surface area contributed by atoms with Crippen molar-refractivity contribution in [2.45, 2.75) is 57.0 Å². The van der Waals surface area contributed by atoms with Gasteiger partial charge in [0.1, 0.15) is 5.75 Å². The zero-order valence-electron chi connectivity index (χ0n) is 14.4. The molecule has 0 bridgehead atoms. The first-order chi connectivity index (χ1) is 10.8. The molecule has 118 valence electrons. The quantitative estimate of drug-likeness (QED) is 0.552. The van der Waals surface area contributed by atoms with Gasteiger partial charge in [-0.2, -0.15) is 0 Å². The summed E-state index contributed by atoms with van der Waals surface area (Å²) >= 11 is -0.911. The molecule has 0 radical (unpaired) electrons. The average molecular weight is 312 g/mol. The third kappa shape index (κ3) is 4.28. The molecule has 1 nitrogen and oxygen atoms in total. The molecule has 0 N–H and O–H groups in total. The molecule has 0 amide bonds. The van der Waals surface area contributed by atoms with Gasteiger partial charge in [0.15, 0.2) is 0 Å². The first-order valence-corrected chi connectivity index (χ1v) is 11.2. The third-order valence-electron chi connectivity index (χ3n) is 4.45. The van der Waals surface area contributed by atoms with Crippen molar-refractivity contribution in [2.24, 2.45) is 0 Å². The monoisotopic (exact) mass is 312 g/mol. The Kier molecular flexibility index (Phi) is 7.30. The fourth-order valence-corrected chi connectivity index (χ4v) is 7.12. The molecule has 2 aromatic rings. The highest BCUT2D eigenvalue weighted by Crippen LogP contribution is 2.26. The zero-order valence-corrected chi connectivity index (χ0v) is 15.6. The van der Waals surface area contributed by atoms with Crippen LogP contribution in [-0.4, -0.2) is 20.8 Å². The highest BCUT2D eigenvalue weighted by atomic mass is 27.2. The highest BCUT2D eigenvalue weighted by molar-refractivity contribution is 6.75. The summed E-state index contributed by atoms with van der Waals surface area (Å²) < 4.78 is 7.57. The van der Waals surface area contributed by atoms with Gasteiger partial charge in [0.25, 0.3) is 0 Å². The van der Waals surface area contributed by atoms with E-state index in [0.29, 0.717) is 0 Å². The predicted octanol–water partition coefficient (Wildman–Crippen LogP) is 5.54. The number of hydrogen-bond donors (Lipinski definition) is 0. The standard InChI is InChI=1S/C12H11O.2C4H9.Al/c1-2-13-12-9-5-7-10-6-3-4-8-11(10)12;2*1-3-4-2;/h3-7,9H,2H2,1H3;2*1,3-4H2,2H3;. The first kappa shape index (κ1) is 17.4. The van der Waals surface area contributed by atoms with E-state index in [-0.39, 0.29) is 0 Å². The number of rotatable bonds is 9. The van der Waals surface area contributed by atoms with Gasteiger partial charge < -0.3 is 4.74 Å². The van der Waals surface area contributed by atoms with Crippen LogP contribution in [0.15, 0.2) is 36.4 Å². The second kappa shape index (κ2) is 9.23. The van der Waals surface area contributed by atoms with E-state index in [2.05, 4.69) is 57.2 Å². The van der Waals surface area contributed by atoms with Crippen LogP contribution in [0, 0.1) is 0 Å². The maximum Gasteiger partial charge on any atom is 0.307 e. The Balaban J connectivity index is 2.45. The number of unbranched alkanes of at least 4 members (excludes halogenated alkanes) is 2. The van der Waals surface area contributed by atoms with Crippen molar-refractivity contribution in [3.8, 4) is 5.75 Å². The van der Waals surface area contributed by atoms with Gasteiger partial charge in [-0.25, -0.2) is 0 Å². The van der Waals surface area contributed by atoms with Gasteiger partial charge in [-0.1, -0.05) is 84.9 Å². The lowest BCUT2D eigenvalue weighted by Gasteiger charge is -2.17. The summed E-state index contributed by atoms with van der Waals surface area (Å²) in [5.74, 6) is 1.08. The summed E-state index contributed by atoms with van der Waals surface area (Å²) in [5.41, 5.74) is 0. The molecule has 0 unspecified atom stereocenters. The van der Waals surface area contributed by atoms with Gasteiger partial charge in [0, 0.05) is 5.39 Å². The van der Waals surface area contributed by atoms with Crippen LogP contribution < -0.4 is 9.16 Å². The summed E-state index contributed by atoms with van der Waals surface area (Å²) in [6.07, 6.45) is 5.35. The van der Waals surface area contributed by atoms with Gasteiger partial charge in [0.05, 0.1) is 6.61 Å². The Morgan fingerprint density at radius 2 is 1.50 bits per heavy atom. The van der Waals surface area contributed by atoms with E-state index < -0.39 is 14.1 Å². The zero-order chi connectivity index (χ0) is 15.8. The lowest BCUT2D eigenvalue weighted by atomic mass is 10.1. The van der Waals surface area contributed by atoms with Crippen LogP contribution in [0.25, 0.3) is 10.8 Å². The highest BCUT2D eigenvalue weighted by Gasteiger charge is 2.22. The molecule has 0 aromatic heterocycles. The molecule has 2 heteroatoms. The Morgan fingerprint density at radius 3 is 2.09 bits per heavy atom. The van der Waals surface area contributed by atoms with Crippen LogP contribution in [-0.2, 0) is 0 Å². The Hall–Kier alpha value is -0.968. The lowest BCUT2D eigenvalue weighted by molar-refractivity contribution is 0.344. The molecule has 0 aliphatic heterocycles. The maximum atomic E-state index is 5.94. The van der Waals surface area contributed by atoms with E-state index in [1.807, 2.05) is 0 Å². The molecule has 0 heterocycles. The molecule has 22 heavy (non-hydrogen) atoms. The molecule has 2 rings (SSSR count). The van der Waals surface area contributed by atoms with Gasteiger partial charge in [-0.3, -0.25) is 0 Å². The molecule has 0 aliphatic carbocycles. The van der Waals surface area contributed by atoms with Crippen LogP contribution in [0.4, 0.5) is 0 Å². The van der Waals surface area contributed by atoms with Gasteiger partial charge in [-0.15, -0.1) is 0 Å². The van der Waals surface area contributed by atoms with Crippen molar-refractivity contribution in [3.05, 3.63) is 36.4 Å². The summed E-state index contributed by atoms with van der Waals surface area (Å²) in [6.45, 7) is 7.42. The van der Waals surface area contributed by atoms with Crippen LogP contribution in [0.3, 0.4) is 0 Å². The van der Waals surface area contributed by atoms with E-state index in [1.54, 1.807) is 4.43 Å². The normalized spacial score (nSPS) is 10.9. The average Bonchev–Trinajstić information content (AvgIpc) is 2.55. The van der Waals surface area contributed by atoms with Crippen molar-refractivity contribution < 1.29 is 4.74 Å². The number of ether oxygens (including phenoxy) is 1. The van der Waals surface area contributed by atoms with Gasteiger partial charge in [-0.05, 0) is 18.4 Å². The van der Waals surface area contributed by atoms with Gasteiger partial charge >= 0.3 is 14.1 Å². The van der Waals surface area contributed by atoms with Crippen LogP contribution in [0.1, 0.15) is 46.5 Å². The summed E-state index contributed by atoms with van der Waals surface area (Å²) in [6, 6.07) is 13.3. The number of benzene rings is 2. The van der Waals surface area contributed by atoms with E-state index in [4.69, 9.17) is 4.74 Å². The Bertz CT molecular complexity index is 566. The van der Waals surface area contributed by atoms with Crippen molar-refractivity contribution >= 4 is 29.3 Å². The predicted molar refractivity (Wildman–Crippen MR) is 99.9 cm³/mol. The first-order valence-electron chi connectivity index (χ1n) is 8.96. The molecule has 0 saturated carbocycles. The second-order valence-electron chi connectivity index (χ2n) is 6.12. The van der Waals surface area contributed by atoms with E-state index in [0.717, 1.165) is 12.4 Å². The third-order valence-corrected chi connectivity index (χ3v) is 8.02. The fourth-order valence-electron chi connectivity index (χ4n) is 3.31. The van der Waals surface area contributed by atoms with E-state index in [1.165, 1.54) is 47.0 Å². The van der Waals surface area contributed by atoms with Crippen LogP contribution in [0.5, 0.6) is 5.75 Å². The Morgan fingerprint density at radius 1 is 0.864 bits per heavy atom. The van der Waals surface area contributed by atoms with E-state index >= 15 is 0 Å². The van der Waals surface area contributed by atoms with Crippen molar-refractivity contribution in [1.82, 2.24) is 0 Å². The molecular formula is C20H29AlO. The van der Waals surface area contributed by atoms with Crippen LogP contribution in [0.2, 0.25) is 10.6 Å². The minimum Gasteiger partial charge on any atom is -0.493 e. The number of fused-ring (bicyclic) bond motifs is 1. The second-order valence-corrected chi connectivity index (χ2v) is 9.29. The minimum atomic E-state index is -0.911. The molecule has 2 aromatic carbocycles. The molecule has 0 atom stereocenters. The van der Waals surface area contributed by atoms with Crippen molar-refractivity contribution in [3.63, 3.8) is 0 Å². The maximum absolute atomic E-state index is 5.94. The number of hydrogen-bond acceptors (Lipinski definition) is 1. The minimum absolute atomic E-state index is 0.740. The molecular weight excluding hydrogens is 283 g/mol.